The molecule has 0 aliphatic carbocycles. The van der Waals surface area contributed by atoms with Crippen LogP contribution in [0.3, 0.4) is 0 Å². The summed E-state index contributed by atoms with van der Waals surface area (Å²) in [5.74, 6) is 1.84. The lowest BCUT2D eigenvalue weighted by Gasteiger charge is -2.18. The first-order valence-corrected chi connectivity index (χ1v) is 9.78. The van der Waals surface area contributed by atoms with Crippen molar-refractivity contribution in [1.29, 1.82) is 0 Å². The lowest BCUT2D eigenvalue weighted by Crippen LogP contribution is -2.44. The number of benzene rings is 1. The summed E-state index contributed by atoms with van der Waals surface area (Å²) in [7, 11) is 3.80. The lowest BCUT2D eigenvalue weighted by atomic mass is 10.1. The number of aromatic nitrogens is 4. The molecule has 0 aliphatic rings. The van der Waals surface area contributed by atoms with Crippen LogP contribution in [0.2, 0.25) is 0 Å². The third kappa shape index (κ3) is 4.18. The van der Waals surface area contributed by atoms with E-state index in [0.29, 0.717) is 0 Å². The molecular formula is C21H31N7. The highest BCUT2D eigenvalue weighted by Crippen LogP contribution is 2.15. The Morgan fingerprint density at radius 2 is 1.96 bits per heavy atom. The fraction of sp³-hybridized carbons (Fsp3) is 0.476. The molecule has 0 saturated carbocycles. The minimum atomic E-state index is 0.253. The number of aliphatic imine (C=N–C) groups is 1. The number of para-hydroxylation sites is 2. The van der Waals surface area contributed by atoms with Crippen LogP contribution in [0.5, 0.6) is 0 Å². The van der Waals surface area contributed by atoms with Crippen LogP contribution in [0, 0.1) is 20.8 Å². The summed E-state index contributed by atoms with van der Waals surface area (Å²) >= 11 is 0. The van der Waals surface area contributed by atoms with Crippen molar-refractivity contribution in [2.24, 2.45) is 12.0 Å². The molecule has 28 heavy (non-hydrogen) atoms. The molecule has 0 spiro atoms. The topological polar surface area (TPSA) is 72.1 Å². The van der Waals surface area contributed by atoms with Gasteiger partial charge >= 0.3 is 0 Å². The zero-order chi connectivity index (χ0) is 20.3. The van der Waals surface area contributed by atoms with Crippen molar-refractivity contribution in [2.45, 2.75) is 46.7 Å². The standard InChI is InChI=1S/C21H31N7/c1-14(13-18-15(2)26-27(6)16(18)3)24-21(22-5)23-11-12-28-17(4)25-19-9-7-8-10-20(19)28/h7-10,14H,11-13H2,1-6H3,(H2,22,23,24). The molecule has 0 bridgehead atoms. The Kier molecular flexibility index (Phi) is 6.02. The maximum atomic E-state index is 4.63. The number of guanidine groups is 1. The Morgan fingerprint density at radius 3 is 2.64 bits per heavy atom. The Bertz CT molecular complexity index is 980. The van der Waals surface area contributed by atoms with Gasteiger partial charge in [-0.3, -0.25) is 9.67 Å². The van der Waals surface area contributed by atoms with Gasteiger partial charge in [-0.1, -0.05) is 12.1 Å². The minimum Gasteiger partial charge on any atom is -0.355 e. The van der Waals surface area contributed by atoms with Crippen LogP contribution in [-0.2, 0) is 20.0 Å². The number of rotatable bonds is 6. The molecule has 0 fully saturated rings. The van der Waals surface area contributed by atoms with Gasteiger partial charge in [0.05, 0.1) is 16.7 Å². The van der Waals surface area contributed by atoms with Crippen molar-refractivity contribution >= 4 is 17.0 Å². The second-order valence-electron chi connectivity index (χ2n) is 7.32. The molecule has 2 N–H and O–H groups in total. The maximum absolute atomic E-state index is 4.63. The monoisotopic (exact) mass is 381 g/mol. The molecule has 0 aliphatic heterocycles. The Labute approximate surface area is 166 Å². The normalized spacial score (nSPS) is 13.1. The first-order valence-electron chi connectivity index (χ1n) is 9.78. The van der Waals surface area contributed by atoms with Gasteiger partial charge in [-0.2, -0.15) is 5.10 Å². The zero-order valence-corrected chi connectivity index (χ0v) is 17.7. The van der Waals surface area contributed by atoms with E-state index in [1.54, 1.807) is 7.05 Å². The quantitative estimate of drug-likeness (QED) is 0.508. The van der Waals surface area contributed by atoms with Crippen LogP contribution >= 0.6 is 0 Å². The zero-order valence-electron chi connectivity index (χ0n) is 17.7. The van der Waals surface area contributed by atoms with Crippen molar-refractivity contribution in [3.05, 3.63) is 47.0 Å². The Morgan fingerprint density at radius 1 is 1.21 bits per heavy atom. The van der Waals surface area contributed by atoms with Gasteiger partial charge in [0, 0.05) is 38.9 Å². The summed E-state index contributed by atoms with van der Waals surface area (Å²) in [5, 5.41) is 11.4. The molecular weight excluding hydrogens is 350 g/mol. The number of aryl methyl sites for hydroxylation is 3. The summed E-state index contributed by atoms with van der Waals surface area (Å²) in [6, 6.07) is 8.50. The fourth-order valence-electron chi connectivity index (χ4n) is 3.66. The molecule has 7 heteroatoms. The number of nitrogens with zero attached hydrogens (tertiary/aromatic N) is 5. The minimum absolute atomic E-state index is 0.253. The van der Waals surface area contributed by atoms with Crippen LogP contribution in [0.4, 0.5) is 0 Å². The SMILES string of the molecule is CN=C(NCCn1c(C)nc2ccccc21)NC(C)Cc1c(C)nn(C)c1C. The summed E-state index contributed by atoms with van der Waals surface area (Å²) in [4.78, 5) is 9.00. The smallest absolute Gasteiger partial charge is 0.191 e. The largest absolute Gasteiger partial charge is 0.355 e. The third-order valence-electron chi connectivity index (χ3n) is 5.25. The van der Waals surface area contributed by atoms with Crippen LogP contribution in [0.25, 0.3) is 11.0 Å². The van der Waals surface area contributed by atoms with E-state index < -0.39 is 0 Å². The predicted octanol–water partition coefficient (Wildman–Crippen LogP) is 2.49. The second-order valence-corrected chi connectivity index (χ2v) is 7.32. The number of hydrogen-bond acceptors (Lipinski definition) is 3. The molecule has 1 atom stereocenters. The number of fused-ring (bicyclic) bond motifs is 1. The Hall–Kier alpha value is -2.83. The average molecular weight is 382 g/mol. The molecule has 150 valence electrons. The summed E-state index contributed by atoms with van der Waals surface area (Å²) in [6.45, 7) is 10.0. The van der Waals surface area contributed by atoms with Crippen LogP contribution in [0.15, 0.2) is 29.3 Å². The average Bonchev–Trinajstić information content (AvgIpc) is 3.11. The predicted molar refractivity (Wildman–Crippen MR) is 115 cm³/mol. The molecule has 2 aromatic heterocycles. The van der Waals surface area contributed by atoms with Gasteiger partial charge in [-0.25, -0.2) is 4.98 Å². The molecule has 7 nitrogen and oxygen atoms in total. The highest BCUT2D eigenvalue weighted by molar-refractivity contribution is 5.80. The molecule has 0 saturated heterocycles. The second kappa shape index (κ2) is 8.46. The van der Waals surface area contributed by atoms with Crippen LogP contribution < -0.4 is 10.6 Å². The van der Waals surface area contributed by atoms with Gasteiger partial charge in [-0.05, 0) is 51.8 Å². The lowest BCUT2D eigenvalue weighted by molar-refractivity contribution is 0.617. The first kappa shape index (κ1) is 19.9. The van der Waals surface area contributed by atoms with E-state index in [9.17, 15) is 0 Å². The number of nitrogens with one attached hydrogen (secondary N) is 2. The molecule has 3 aromatic rings. The van der Waals surface area contributed by atoms with Crippen LogP contribution in [-0.4, -0.2) is 44.9 Å². The van der Waals surface area contributed by atoms with E-state index in [1.807, 2.05) is 24.7 Å². The highest BCUT2D eigenvalue weighted by Gasteiger charge is 2.14. The number of imidazole rings is 1. The van der Waals surface area contributed by atoms with Gasteiger partial charge in [-0.15, -0.1) is 0 Å². The van der Waals surface area contributed by atoms with Crippen LogP contribution in [0.1, 0.15) is 29.7 Å². The number of hydrogen-bond donors (Lipinski definition) is 2. The van der Waals surface area contributed by atoms with E-state index >= 15 is 0 Å². The van der Waals surface area contributed by atoms with Crippen molar-refractivity contribution < 1.29 is 0 Å². The molecule has 3 rings (SSSR count). The van der Waals surface area contributed by atoms with Gasteiger partial charge in [0.2, 0.25) is 0 Å². The van der Waals surface area contributed by atoms with E-state index in [1.165, 1.54) is 16.8 Å². The summed E-state index contributed by atoms with van der Waals surface area (Å²) < 4.78 is 4.18. The van der Waals surface area contributed by atoms with Gasteiger partial charge < -0.3 is 15.2 Å². The van der Waals surface area contributed by atoms with Crippen molar-refractivity contribution in [2.75, 3.05) is 13.6 Å². The van der Waals surface area contributed by atoms with Crippen molar-refractivity contribution in [3.63, 3.8) is 0 Å². The molecule has 1 unspecified atom stereocenters. The third-order valence-corrected chi connectivity index (χ3v) is 5.25. The molecule has 1 aromatic carbocycles. The van der Waals surface area contributed by atoms with Gasteiger partial charge in [0.1, 0.15) is 5.82 Å². The molecule has 0 radical (unpaired) electrons. The Balaban J connectivity index is 1.56. The van der Waals surface area contributed by atoms with Crippen molar-refractivity contribution in [3.8, 4) is 0 Å². The highest BCUT2D eigenvalue weighted by atomic mass is 15.3. The first-order chi connectivity index (χ1) is 13.4. The van der Waals surface area contributed by atoms with Gasteiger partial charge in [0.25, 0.3) is 0 Å². The maximum Gasteiger partial charge on any atom is 0.191 e. The van der Waals surface area contributed by atoms with E-state index in [0.717, 1.165) is 42.5 Å². The fourth-order valence-corrected chi connectivity index (χ4v) is 3.66. The van der Waals surface area contributed by atoms with E-state index in [4.69, 9.17) is 0 Å². The van der Waals surface area contributed by atoms with E-state index in [-0.39, 0.29) is 6.04 Å². The van der Waals surface area contributed by atoms with E-state index in [2.05, 4.69) is 69.2 Å². The van der Waals surface area contributed by atoms with Crippen molar-refractivity contribution in [1.82, 2.24) is 30.0 Å². The van der Waals surface area contributed by atoms with Gasteiger partial charge in [0.15, 0.2) is 5.96 Å². The molecule has 2 heterocycles. The summed E-state index contributed by atoms with van der Waals surface area (Å²) in [5.41, 5.74) is 5.83. The molecule has 0 amide bonds. The summed E-state index contributed by atoms with van der Waals surface area (Å²) in [6.07, 6.45) is 0.914.